The average Bonchev–Trinajstić information content (AvgIpc) is 3.98. The van der Waals surface area contributed by atoms with Crippen molar-refractivity contribution in [3.05, 3.63) is 58.2 Å². The minimum atomic E-state index is -0.924. The molecule has 10 rings (SSSR count). The maximum atomic E-state index is 15.0. The fourth-order valence-electron chi connectivity index (χ4n) is 12.1. The monoisotopic (exact) mass is 948 g/mol. The van der Waals surface area contributed by atoms with Gasteiger partial charge in [-0.1, -0.05) is 32.8 Å². The molecule has 3 N–H and O–H groups in total. The van der Waals surface area contributed by atoms with Crippen LogP contribution in [0.5, 0.6) is 0 Å². The smallest absolute Gasteiger partial charge is 0.324 e. The van der Waals surface area contributed by atoms with Gasteiger partial charge in [0.2, 0.25) is 11.8 Å². The van der Waals surface area contributed by atoms with Crippen LogP contribution in [0, 0.1) is 16.7 Å². The Bertz CT molecular complexity index is 2580. The van der Waals surface area contributed by atoms with Crippen LogP contribution in [0.25, 0.3) is 33.4 Å². The Morgan fingerprint density at radius 2 is 1.84 bits per heavy atom. The number of aryl methyl sites for hydroxylation is 1. The van der Waals surface area contributed by atoms with Crippen LogP contribution in [0.1, 0.15) is 108 Å². The highest BCUT2D eigenvalue weighted by Crippen LogP contribution is 2.45. The fraction of sp³-hybridized carbons (Fsp3) is 0.615. The molecule has 8 heterocycles. The lowest BCUT2D eigenvalue weighted by molar-refractivity contribution is -0.155. The molecule has 1 spiro atoms. The van der Waals surface area contributed by atoms with Crippen LogP contribution < -0.4 is 16.1 Å². The second kappa shape index (κ2) is 18.5. The van der Waals surface area contributed by atoms with Gasteiger partial charge in [-0.15, -0.1) is 11.3 Å². The molecule has 16 heteroatoms. The number of fused-ring (bicyclic) bond motifs is 6. The van der Waals surface area contributed by atoms with E-state index >= 15 is 4.79 Å². The van der Waals surface area contributed by atoms with Gasteiger partial charge in [-0.25, -0.2) is 10.4 Å². The summed E-state index contributed by atoms with van der Waals surface area (Å²) >= 11 is 1.49. The molecule has 4 aromatic rings. The number of hydrogen-bond donors (Lipinski definition) is 3. The molecule has 0 unspecified atom stereocenters. The van der Waals surface area contributed by atoms with Crippen molar-refractivity contribution in [2.24, 2.45) is 16.7 Å². The van der Waals surface area contributed by atoms with E-state index in [4.69, 9.17) is 19.4 Å². The largest absolute Gasteiger partial charge is 0.464 e. The third-order valence-corrected chi connectivity index (χ3v) is 16.9. The number of nitrogens with zero attached hydrogens (tertiary/aromatic N) is 6. The molecule has 6 aliphatic rings. The summed E-state index contributed by atoms with van der Waals surface area (Å²) in [6.07, 6.45) is 9.45. The van der Waals surface area contributed by atoms with Gasteiger partial charge in [0.1, 0.15) is 17.6 Å². The van der Waals surface area contributed by atoms with E-state index in [1.165, 1.54) is 16.3 Å². The Morgan fingerprint density at radius 3 is 2.60 bits per heavy atom. The van der Waals surface area contributed by atoms with Crippen molar-refractivity contribution in [1.82, 2.24) is 45.4 Å². The summed E-state index contributed by atoms with van der Waals surface area (Å²) in [5.41, 5.74) is 9.19. The van der Waals surface area contributed by atoms with Crippen LogP contribution >= 0.6 is 11.3 Å². The molecule has 5 aliphatic heterocycles. The van der Waals surface area contributed by atoms with Gasteiger partial charge < -0.3 is 29.6 Å². The number of aromatic nitrogens is 3. The van der Waals surface area contributed by atoms with E-state index in [0.29, 0.717) is 32.4 Å². The van der Waals surface area contributed by atoms with Crippen molar-refractivity contribution in [2.45, 2.75) is 135 Å². The molecular formula is C52H69N9O6S. The normalized spacial score (nSPS) is 27.7. The SMILES string of the molecule is CCn1c(-c2cccnc2[C@H](C)OC)c2c3cc(ccc31)-c1csc(n1)C[C@H](NC(=O)[C@H](C1CCCC1)N1CC[C@]3(CCN(C(=O)[C@@]4(C)CN4)C3)C1)C(=O)N1CCC[C@H](N1)C(=O)OCC(C)(C)C2. The van der Waals surface area contributed by atoms with Crippen molar-refractivity contribution >= 4 is 45.9 Å². The number of nitrogens with one attached hydrogen (secondary N) is 3. The predicted molar refractivity (Wildman–Crippen MR) is 261 cm³/mol. The summed E-state index contributed by atoms with van der Waals surface area (Å²) in [4.78, 5) is 71.7. The van der Waals surface area contributed by atoms with Crippen molar-refractivity contribution < 1.29 is 28.7 Å². The highest BCUT2D eigenvalue weighted by Gasteiger charge is 2.53. The molecule has 1 aromatic carbocycles. The summed E-state index contributed by atoms with van der Waals surface area (Å²) < 4.78 is 14.4. The molecule has 364 valence electrons. The molecule has 0 radical (unpaired) electrons. The predicted octanol–water partition coefficient (Wildman–Crippen LogP) is 6.05. The lowest BCUT2D eigenvalue weighted by Gasteiger charge is -2.37. The second-order valence-corrected chi connectivity index (χ2v) is 22.6. The van der Waals surface area contributed by atoms with E-state index < -0.39 is 29.0 Å². The van der Waals surface area contributed by atoms with Crippen molar-refractivity contribution in [3.63, 3.8) is 0 Å². The summed E-state index contributed by atoms with van der Waals surface area (Å²) in [6.45, 7) is 15.4. The maximum Gasteiger partial charge on any atom is 0.324 e. The summed E-state index contributed by atoms with van der Waals surface area (Å²) in [5.74, 6) is -0.468. The van der Waals surface area contributed by atoms with Gasteiger partial charge in [0, 0.05) is 97.2 Å². The maximum absolute atomic E-state index is 15.0. The Kier molecular flexibility index (Phi) is 12.8. The molecule has 3 aromatic heterocycles. The number of thiazole rings is 1. The van der Waals surface area contributed by atoms with Gasteiger partial charge in [0.15, 0.2) is 0 Å². The third-order valence-electron chi connectivity index (χ3n) is 16.0. The van der Waals surface area contributed by atoms with E-state index in [1.54, 1.807) is 7.11 Å². The van der Waals surface area contributed by atoms with Crippen LogP contribution in [0.3, 0.4) is 0 Å². The number of cyclic esters (lactones) is 1. The average molecular weight is 948 g/mol. The quantitative estimate of drug-likeness (QED) is 0.132. The Labute approximate surface area is 404 Å². The Balaban J connectivity index is 0.989. The lowest BCUT2D eigenvalue weighted by Crippen LogP contribution is -2.62. The van der Waals surface area contributed by atoms with Gasteiger partial charge in [-0.05, 0) is 108 Å². The number of pyridine rings is 1. The molecule has 6 atom stereocenters. The van der Waals surface area contributed by atoms with Crippen LogP contribution in [-0.2, 0) is 48.0 Å². The summed E-state index contributed by atoms with van der Waals surface area (Å²) in [6, 6.07) is 8.57. The number of likely N-dealkylation sites (tertiary alicyclic amines) is 2. The van der Waals surface area contributed by atoms with Crippen LogP contribution in [0.15, 0.2) is 41.9 Å². The number of benzene rings is 1. The van der Waals surface area contributed by atoms with Crippen LogP contribution in [0.2, 0.25) is 0 Å². The molecular weight excluding hydrogens is 879 g/mol. The molecule has 6 bridgehead atoms. The van der Waals surface area contributed by atoms with Crippen LogP contribution in [0.4, 0.5) is 0 Å². The van der Waals surface area contributed by atoms with Gasteiger partial charge in [-0.3, -0.25) is 34.1 Å². The fourth-order valence-corrected chi connectivity index (χ4v) is 12.9. The number of amides is 3. The first-order valence-electron chi connectivity index (χ1n) is 25.1. The number of esters is 1. The highest BCUT2D eigenvalue weighted by molar-refractivity contribution is 7.10. The molecule has 15 nitrogen and oxygen atoms in total. The lowest BCUT2D eigenvalue weighted by atomic mass is 9.84. The number of carbonyl (C=O) groups is 4. The number of methoxy groups -OCH3 is 1. The Morgan fingerprint density at radius 1 is 1.04 bits per heavy atom. The number of rotatable bonds is 9. The first-order valence-corrected chi connectivity index (χ1v) is 26.0. The molecule has 68 heavy (non-hydrogen) atoms. The number of ether oxygens (including phenoxy) is 2. The van der Waals surface area contributed by atoms with E-state index in [-0.39, 0.29) is 54.2 Å². The van der Waals surface area contributed by atoms with Crippen molar-refractivity contribution in [1.29, 1.82) is 0 Å². The zero-order chi connectivity index (χ0) is 47.5. The van der Waals surface area contributed by atoms with Gasteiger partial charge in [0.05, 0.1) is 40.8 Å². The number of carbonyl (C=O) groups excluding carboxylic acids is 4. The first-order chi connectivity index (χ1) is 32.7. The first kappa shape index (κ1) is 47.0. The van der Waals surface area contributed by atoms with E-state index in [9.17, 15) is 14.4 Å². The zero-order valence-electron chi connectivity index (χ0n) is 40.7. The van der Waals surface area contributed by atoms with Crippen molar-refractivity contribution in [2.75, 3.05) is 53.0 Å². The zero-order valence-corrected chi connectivity index (χ0v) is 41.5. The minimum Gasteiger partial charge on any atom is -0.464 e. The topological polar surface area (TPSA) is 173 Å². The molecule has 5 fully saturated rings. The van der Waals surface area contributed by atoms with E-state index in [1.807, 2.05) is 31.0 Å². The van der Waals surface area contributed by atoms with Crippen LogP contribution in [-0.4, -0.2) is 130 Å². The number of hydrogen-bond acceptors (Lipinski definition) is 12. The molecule has 3 amide bonds. The third kappa shape index (κ3) is 8.99. The number of hydrazine groups is 1. The molecule has 4 saturated heterocycles. The molecule has 1 aliphatic carbocycles. The second-order valence-electron chi connectivity index (χ2n) is 21.6. The van der Waals surface area contributed by atoms with Gasteiger partial charge >= 0.3 is 5.97 Å². The van der Waals surface area contributed by atoms with E-state index in [2.05, 4.69) is 75.9 Å². The molecule has 1 saturated carbocycles. The Hall–Kier alpha value is -4.74. The highest BCUT2D eigenvalue weighted by atomic mass is 32.1. The summed E-state index contributed by atoms with van der Waals surface area (Å²) in [7, 11) is 1.70. The standard InChI is InChI=1S/C52H69N9O6S/c1-7-60-41-17-16-34-24-36(41)37(45(60)35-14-10-20-53-43(35)32(2)66-6)26-50(3,4)31-67-48(64)38-15-11-21-61(57-38)47(63)39(25-42-55-40(34)27-68-42)56-46(62)44(33-12-8-9-13-33)58-22-18-52(29-58)19-23-59(30-52)49(65)51(5)28-54-51/h10,14,16-17,20,24,27,32-33,38-39,44,54,57H,7-9,11-13,15,18-19,21-23,25-26,28-31H2,1-6H3,(H,56,62)/t32-,38-,39-,44-,51+,52-/m0/s1. The van der Waals surface area contributed by atoms with Crippen molar-refractivity contribution in [3.8, 4) is 22.5 Å². The minimum absolute atomic E-state index is 0.0453. The van der Waals surface area contributed by atoms with Gasteiger partial charge in [-0.2, -0.15) is 0 Å². The van der Waals surface area contributed by atoms with E-state index in [0.717, 1.165) is 121 Å². The van der Waals surface area contributed by atoms with Gasteiger partial charge in [0.25, 0.3) is 5.91 Å². The summed E-state index contributed by atoms with van der Waals surface area (Å²) in [5, 5.41) is 12.0.